The number of ether oxygens (including phenoxy) is 2. The Morgan fingerprint density at radius 1 is 1.17 bits per heavy atom. The summed E-state index contributed by atoms with van der Waals surface area (Å²) in [6.07, 6.45) is -3.75. The quantitative estimate of drug-likeness (QED) is 0.277. The van der Waals surface area contributed by atoms with Crippen LogP contribution in [0.1, 0.15) is 16.8 Å². The maximum Gasteiger partial charge on any atom is 0.431 e. The zero-order valence-corrected chi connectivity index (χ0v) is 18.2. The largest absolute Gasteiger partial charge is 0.466 e. The molecule has 0 fully saturated rings. The Bertz CT molecular complexity index is 1410. The molecule has 35 heavy (non-hydrogen) atoms. The topological polar surface area (TPSA) is 136 Å². The van der Waals surface area contributed by atoms with E-state index in [1.165, 1.54) is 18.3 Å². The third-order valence-electron chi connectivity index (χ3n) is 4.91. The predicted octanol–water partition coefficient (Wildman–Crippen LogP) is 2.00. The van der Waals surface area contributed by atoms with Crippen molar-refractivity contribution in [3.63, 3.8) is 0 Å². The molecule has 2 heterocycles. The summed E-state index contributed by atoms with van der Waals surface area (Å²) in [6.45, 7) is -0.473. The lowest BCUT2D eigenvalue weighted by molar-refractivity contribution is -0.385. The first kappa shape index (κ1) is 25.1. The average molecular weight is 494 g/mol. The first-order valence-corrected chi connectivity index (χ1v) is 9.75. The van der Waals surface area contributed by atoms with Gasteiger partial charge in [-0.05, 0) is 18.2 Å². The van der Waals surface area contributed by atoms with Gasteiger partial charge in [0, 0.05) is 42.9 Å². The smallest absolute Gasteiger partial charge is 0.431 e. The number of rotatable bonds is 7. The van der Waals surface area contributed by atoms with Crippen LogP contribution in [0, 0.1) is 10.1 Å². The van der Waals surface area contributed by atoms with Crippen molar-refractivity contribution >= 4 is 11.7 Å². The van der Waals surface area contributed by atoms with E-state index in [9.17, 15) is 37.7 Å². The molecular weight excluding hydrogens is 477 g/mol. The van der Waals surface area contributed by atoms with E-state index in [-0.39, 0.29) is 39.9 Å². The molecule has 0 aliphatic carbocycles. The summed E-state index contributed by atoms with van der Waals surface area (Å²) < 4.78 is 49.9. The minimum absolute atomic E-state index is 0.0114. The molecule has 0 aliphatic rings. The second-order valence-electron chi connectivity index (χ2n) is 7.12. The highest BCUT2D eigenvalue weighted by atomic mass is 19.4. The van der Waals surface area contributed by atoms with Crippen LogP contribution < -0.4 is 16.0 Å². The predicted molar refractivity (Wildman–Crippen MR) is 113 cm³/mol. The van der Waals surface area contributed by atoms with Crippen molar-refractivity contribution in [2.45, 2.75) is 12.6 Å². The molecule has 0 atom stereocenters. The Kier molecular flexibility index (Phi) is 7.03. The van der Waals surface area contributed by atoms with Crippen molar-refractivity contribution in [1.82, 2.24) is 14.1 Å². The van der Waals surface area contributed by atoms with Crippen LogP contribution in [-0.4, -0.2) is 38.7 Å². The number of esters is 1. The number of nitrogens with zero attached hydrogens (tertiary/aromatic N) is 4. The van der Waals surface area contributed by atoms with E-state index < -0.39 is 40.6 Å². The molecule has 0 radical (unpaired) electrons. The van der Waals surface area contributed by atoms with Crippen molar-refractivity contribution in [2.75, 3.05) is 13.7 Å². The first-order valence-electron chi connectivity index (χ1n) is 9.75. The molecule has 2 aromatic heterocycles. The highest BCUT2D eigenvalue weighted by Crippen LogP contribution is 2.28. The average Bonchev–Trinajstić information content (AvgIpc) is 2.80. The number of aromatic nitrogens is 3. The molecule has 3 aromatic rings. The molecule has 0 amide bonds. The summed E-state index contributed by atoms with van der Waals surface area (Å²) in [4.78, 5) is 51.3. The van der Waals surface area contributed by atoms with Gasteiger partial charge in [0.15, 0.2) is 6.61 Å². The van der Waals surface area contributed by atoms with E-state index >= 15 is 0 Å². The van der Waals surface area contributed by atoms with Gasteiger partial charge in [0.2, 0.25) is 5.88 Å². The number of benzene rings is 1. The van der Waals surface area contributed by atoms with E-state index in [1.807, 2.05) is 0 Å². The van der Waals surface area contributed by atoms with Gasteiger partial charge >= 0.3 is 17.8 Å². The molecule has 11 nitrogen and oxygen atoms in total. The van der Waals surface area contributed by atoms with Crippen molar-refractivity contribution in [3.05, 3.63) is 90.4 Å². The monoisotopic (exact) mass is 494 g/mol. The van der Waals surface area contributed by atoms with Crippen molar-refractivity contribution < 1.29 is 32.4 Å². The summed E-state index contributed by atoms with van der Waals surface area (Å²) in [5.41, 5.74) is -4.20. The highest BCUT2D eigenvalue weighted by Gasteiger charge is 2.35. The number of halogens is 3. The molecule has 0 saturated carbocycles. The lowest BCUT2D eigenvalue weighted by Crippen LogP contribution is -2.40. The molecule has 14 heteroatoms. The van der Waals surface area contributed by atoms with E-state index in [0.717, 1.165) is 32.4 Å². The molecule has 0 aliphatic heterocycles. The van der Waals surface area contributed by atoms with Gasteiger partial charge in [-0.2, -0.15) is 13.2 Å². The number of alkyl halides is 3. The second-order valence-corrected chi connectivity index (χ2v) is 7.12. The van der Waals surface area contributed by atoms with Gasteiger partial charge in [-0.1, -0.05) is 6.07 Å². The molecule has 0 saturated heterocycles. The minimum atomic E-state index is -4.94. The molecule has 0 spiro atoms. The molecule has 1 aromatic carbocycles. The summed E-state index contributed by atoms with van der Waals surface area (Å²) in [5, 5.41) is 11.6. The van der Waals surface area contributed by atoms with E-state index in [1.54, 1.807) is 0 Å². The number of hydrogen-bond donors (Lipinski definition) is 0. The lowest BCUT2D eigenvalue weighted by atomic mass is 10.0. The minimum Gasteiger partial charge on any atom is -0.466 e. The fourth-order valence-electron chi connectivity index (χ4n) is 3.25. The van der Waals surface area contributed by atoms with Crippen molar-refractivity contribution in [1.29, 1.82) is 0 Å². The van der Waals surface area contributed by atoms with Crippen LogP contribution in [0.3, 0.4) is 0 Å². The normalized spacial score (nSPS) is 11.2. The van der Waals surface area contributed by atoms with Gasteiger partial charge in [-0.3, -0.25) is 19.5 Å². The Labute approximate surface area is 194 Å². The van der Waals surface area contributed by atoms with Crippen molar-refractivity contribution in [2.24, 2.45) is 7.05 Å². The maximum absolute atomic E-state index is 13.1. The Morgan fingerprint density at radius 3 is 2.51 bits per heavy atom. The van der Waals surface area contributed by atoms with Gasteiger partial charge in [0.25, 0.3) is 11.2 Å². The van der Waals surface area contributed by atoms with Crippen LogP contribution in [0.25, 0.3) is 5.69 Å². The molecule has 3 rings (SSSR count). The van der Waals surface area contributed by atoms with Crippen LogP contribution >= 0.6 is 0 Å². The standard InChI is InChI=1S/C21H17F3N4O7/c1-26-16(21(22,23)24)10-17(29)27(20(26)31)14-5-6-15(28(32)33)13(9-14)8-12-4-3-7-25-19(12)35-11-18(30)34-2/h3-7,9-10H,8,11H2,1-2H3. The van der Waals surface area contributed by atoms with Gasteiger partial charge < -0.3 is 9.47 Å². The van der Waals surface area contributed by atoms with Gasteiger partial charge in [0.1, 0.15) is 5.69 Å². The SMILES string of the molecule is COC(=O)COc1ncccc1Cc1cc(-n2c(=O)cc(C(F)(F)F)n(C)c2=O)ccc1[N+](=O)[O-]. The van der Waals surface area contributed by atoms with E-state index in [4.69, 9.17) is 4.74 Å². The fourth-order valence-corrected chi connectivity index (χ4v) is 3.25. The van der Waals surface area contributed by atoms with Crippen LogP contribution in [0.5, 0.6) is 5.88 Å². The Morgan fingerprint density at radius 2 is 1.89 bits per heavy atom. The summed E-state index contributed by atoms with van der Waals surface area (Å²) >= 11 is 0. The number of carbonyl (C=O) groups is 1. The maximum atomic E-state index is 13.1. The number of nitro benzene ring substituents is 1. The summed E-state index contributed by atoms with van der Waals surface area (Å²) in [6, 6.07) is 6.56. The lowest BCUT2D eigenvalue weighted by Gasteiger charge is -2.15. The van der Waals surface area contributed by atoms with Gasteiger partial charge in [-0.25, -0.2) is 19.1 Å². The number of hydrogen-bond acceptors (Lipinski definition) is 8. The summed E-state index contributed by atoms with van der Waals surface area (Å²) in [7, 11) is 2.02. The molecular formula is C21H17F3N4O7. The zero-order chi connectivity index (χ0) is 25.9. The van der Waals surface area contributed by atoms with Gasteiger partial charge in [0.05, 0.1) is 17.7 Å². The van der Waals surface area contributed by atoms with Crippen LogP contribution in [0.2, 0.25) is 0 Å². The van der Waals surface area contributed by atoms with E-state index in [0.29, 0.717) is 10.1 Å². The van der Waals surface area contributed by atoms with Crippen molar-refractivity contribution in [3.8, 4) is 11.6 Å². The molecule has 0 N–H and O–H groups in total. The van der Waals surface area contributed by atoms with Gasteiger partial charge in [-0.15, -0.1) is 0 Å². The highest BCUT2D eigenvalue weighted by molar-refractivity contribution is 5.70. The molecule has 184 valence electrons. The number of pyridine rings is 1. The number of carbonyl (C=O) groups excluding carboxylic acids is 1. The molecule has 0 unspecified atom stereocenters. The third kappa shape index (κ3) is 5.37. The zero-order valence-electron chi connectivity index (χ0n) is 18.2. The van der Waals surface area contributed by atoms with Crippen LogP contribution in [0.4, 0.5) is 18.9 Å². The fraction of sp³-hybridized carbons (Fsp3) is 0.238. The Balaban J connectivity index is 2.11. The summed E-state index contributed by atoms with van der Waals surface area (Å²) in [5.74, 6) is -0.702. The third-order valence-corrected chi connectivity index (χ3v) is 4.91. The second kappa shape index (κ2) is 9.79. The van der Waals surface area contributed by atoms with Crippen LogP contribution in [-0.2, 0) is 29.2 Å². The van der Waals surface area contributed by atoms with E-state index in [2.05, 4.69) is 9.72 Å². The Hall–Kier alpha value is -4.49. The van der Waals surface area contributed by atoms with Crippen LogP contribution in [0.15, 0.2) is 52.2 Å². The number of methoxy groups -OCH3 is 1. The first-order chi connectivity index (χ1) is 16.4. The number of nitro groups is 1. The molecule has 0 bridgehead atoms.